The molecule has 0 amide bonds. The first-order valence-electron chi connectivity index (χ1n) is 5.90. The quantitative estimate of drug-likeness (QED) is 0.930. The summed E-state index contributed by atoms with van der Waals surface area (Å²) in [6, 6.07) is 5.84. The molecule has 0 atom stereocenters. The van der Waals surface area contributed by atoms with E-state index >= 15 is 0 Å². The van der Waals surface area contributed by atoms with Gasteiger partial charge in [0.2, 0.25) is 0 Å². The molecule has 0 bridgehead atoms. The van der Waals surface area contributed by atoms with E-state index in [1.165, 1.54) is 16.8 Å². The molecule has 0 spiro atoms. The van der Waals surface area contributed by atoms with E-state index < -0.39 is 11.8 Å². The number of hydrogen-bond acceptors (Lipinski definition) is 3. The van der Waals surface area contributed by atoms with Crippen LogP contribution < -0.4 is 0 Å². The molecule has 0 unspecified atom stereocenters. The molecular weight excluding hydrogens is 261 g/mol. The van der Waals surface area contributed by atoms with E-state index in [0.29, 0.717) is 17.0 Å². The number of carboxylic acid groups (broad SMARTS) is 1. The molecule has 2 rings (SSSR count). The fourth-order valence-corrected chi connectivity index (χ4v) is 2.11. The van der Waals surface area contributed by atoms with Crippen LogP contribution >= 0.6 is 0 Å². The van der Waals surface area contributed by atoms with Gasteiger partial charge in [-0.1, -0.05) is 6.07 Å². The highest BCUT2D eigenvalue weighted by Gasteiger charge is 2.18. The number of carboxylic acids is 1. The topological polar surface area (TPSA) is 78.9 Å². The molecule has 102 valence electrons. The number of benzene rings is 1. The average Bonchev–Trinajstić information content (AvgIpc) is 2.66. The average molecular weight is 273 g/mol. The van der Waals surface area contributed by atoms with Crippen molar-refractivity contribution in [3.05, 3.63) is 52.1 Å². The standard InChI is InChI=1S/C14H12FN3O2/c1-8-13(14(19)20)9(2)18(17-8)7-10-3-4-12(15)5-11(10)6-16/h3-5H,7H2,1-2H3,(H,19,20). The Morgan fingerprint density at radius 2 is 2.20 bits per heavy atom. The smallest absolute Gasteiger partial charge is 0.339 e. The second kappa shape index (κ2) is 5.13. The number of aromatic carboxylic acids is 1. The summed E-state index contributed by atoms with van der Waals surface area (Å²) in [6.07, 6.45) is 0. The zero-order valence-corrected chi connectivity index (χ0v) is 11.0. The van der Waals surface area contributed by atoms with Crippen LogP contribution in [0.25, 0.3) is 0 Å². The molecule has 20 heavy (non-hydrogen) atoms. The summed E-state index contributed by atoms with van der Waals surface area (Å²) in [5, 5.41) is 22.3. The van der Waals surface area contributed by atoms with Crippen molar-refractivity contribution in [1.29, 1.82) is 5.26 Å². The van der Waals surface area contributed by atoms with Crippen LogP contribution in [0.1, 0.15) is 32.9 Å². The fourth-order valence-electron chi connectivity index (χ4n) is 2.11. The summed E-state index contributed by atoms with van der Waals surface area (Å²) in [7, 11) is 0. The Kier molecular flexibility index (Phi) is 3.53. The summed E-state index contributed by atoms with van der Waals surface area (Å²) >= 11 is 0. The SMILES string of the molecule is Cc1nn(Cc2ccc(F)cc2C#N)c(C)c1C(=O)O. The van der Waals surface area contributed by atoms with E-state index in [1.54, 1.807) is 13.8 Å². The number of carbonyl (C=O) groups is 1. The van der Waals surface area contributed by atoms with Crippen molar-refractivity contribution >= 4 is 5.97 Å². The minimum Gasteiger partial charge on any atom is -0.478 e. The molecule has 0 radical (unpaired) electrons. The van der Waals surface area contributed by atoms with Gasteiger partial charge in [-0.15, -0.1) is 0 Å². The molecule has 0 fully saturated rings. The van der Waals surface area contributed by atoms with Crippen molar-refractivity contribution in [2.24, 2.45) is 0 Å². The van der Waals surface area contributed by atoms with Crippen LogP contribution in [-0.2, 0) is 6.54 Å². The maximum absolute atomic E-state index is 13.1. The number of hydrogen-bond donors (Lipinski definition) is 1. The van der Waals surface area contributed by atoms with Gasteiger partial charge in [-0.2, -0.15) is 10.4 Å². The lowest BCUT2D eigenvalue weighted by atomic mass is 10.1. The number of halogens is 1. The number of nitriles is 1. The van der Waals surface area contributed by atoms with E-state index in [4.69, 9.17) is 10.4 Å². The molecule has 1 heterocycles. The van der Waals surface area contributed by atoms with Crippen LogP contribution in [0.5, 0.6) is 0 Å². The Morgan fingerprint density at radius 3 is 2.75 bits per heavy atom. The van der Waals surface area contributed by atoms with Gasteiger partial charge in [-0.25, -0.2) is 9.18 Å². The molecule has 1 N–H and O–H groups in total. The van der Waals surface area contributed by atoms with Crippen LogP contribution in [0, 0.1) is 31.0 Å². The molecule has 0 aliphatic carbocycles. The molecule has 2 aromatic rings. The molecule has 0 saturated carbocycles. The van der Waals surface area contributed by atoms with Gasteiger partial charge in [0.25, 0.3) is 0 Å². The van der Waals surface area contributed by atoms with E-state index in [2.05, 4.69) is 5.10 Å². The lowest BCUT2D eigenvalue weighted by molar-refractivity contribution is 0.0695. The minimum atomic E-state index is -1.04. The van der Waals surface area contributed by atoms with Crippen molar-refractivity contribution in [3.8, 4) is 6.07 Å². The van der Waals surface area contributed by atoms with Crippen molar-refractivity contribution in [2.75, 3.05) is 0 Å². The van der Waals surface area contributed by atoms with Gasteiger partial charge in [-0.3, -0.25) is 4.68 Å². The predicted molar refractivity (Wildman–Crippen MR) is 68.9 cm³/mol. The lowest BCUT2D eigenvalue weighted by Gasteiger charge is -2.07. The van der Waals surface area contributed by atoms with E-state index in [-0.39, 0.29) is 17.7 Å². The van der Waals surface area contributed by atoms with E-state index in [0.717, 1.165) is 6.07 Å². The third kappa shape index (κ3) is 2.38. The Hall–Kier alpha value is -2.68. The largest absolute Gasteiger partial charge is 0.478 e. The van der Waals surface area contributed by atoms with Crippen molar-refractivity contribution in [2.45, 2.75) is 20.4 Å². The maximum Gasteiger partial charge on any atom is 0.339 e. The third-order valence-electron chi connectivity index (χ3n) is 3.11. The van der Waals surface area contributed by atoms with Crippen LogP contribution in [0.3, 0.4) is 0 Å². The first kappa shape index (κ1) is 13.7. The van der Waals surface area contributed by atoms with Gasteiger partial charge in [-0.05, 0) is 31.5 Å². The summed E-state index contributed by atoms with van der Waals surface area (Å²) in [5.74, 6) is -1.52. The Morgan fingerprint density at radius 1 is 1.50 bits per heavy atom. The normalized spacial score (nSPS) is 10.3. The Balaban J connectivity index is 2.44. The highest BCUT2D eigenvalue weighted by Crippen LogP contribution is 2.17. The molecular formula is C14H12FN3O2. The predicted octanol–water partition coefficient (Wildman–Crippen LogP) is 2.26. The minimum absolute atomic E-state index is 0.158. The van der Waals surface area contributed by atoms with Gasteiger partial charge in [0.05, 0.1) is 29.6 Å². The second-order valence-electron chi connectivity index (χ2n) is 4.42. The van der Waals surface area contributed by atoms with Crippen molar-refractivity contribution in [1.82, 2.24) is 9.78 Å². The molecule has 6 heteroatoms. The van der Waals surface area contributed by atoms with Gasteiger partial charge < -0.3 is 5.11 Å². The molecule has 0 saturated heterocycles. The number of aryl methyl sites for hydroxylation is 1. The maximum atomic E-state index is 13.1. The number of rotatable bonds is 3. The fraction of sp³-hybridized carbons (Fsp3) is 0.214. The van der Waals surface area contributed by atoms with Gasteiger partial charge in [0.15, 0.2) is 0 Å². The van der Waals surface area contributed by atoms with Gasteiger partial charge >= 0.3 is 5.97 Å². The zero-order valence-electron chi connectivity index (χ0n) is 11.0. The molecule has 1 aromatic heterocycles. The van der Waals surface area contributed by atoms with Crippen LogP contribution in [0.4, 0.5) is 4.39 Å². The Labute approximate surface area is 114 Å². The van der Waals surface area contributed by atoms with Gasteiger partial charge in [0, 0.05) is 0 Å². The van der Waals surface area contributed by atoms with E-state index in [9.17, 15) is 9.18 Å². The van der Waals surface area contributed by atoms with Crippen LogP contribution in [0.2, 0.25) is 0 Å². The number of nitrogens with zero attached hydrogens (tertiary/aromatic N) is 3. The third-order valence-corrected chi connectivity index (χ3v) is 3.11. The first-order chi connectivity index (χ1) is 9.43. The lowest BCUT2D eigenvalue weighted by Crippen LogP contribution is -2.07. The first-order valence-corrected chi connectivity index (χ1v) is 5.90. The summed E-state index contributed by atoms with van der Waals surface area (Å²) < 4.78 is 14.6. The van der Waals surface area contributed by atoms with Crippen molar-refractivity contribution < 1.29 is 14.3 Å². The van der Waals surface area contributed by atoms with E-state index in [1.807, 2.05) is 6.07 Å². The van der Waals surface area contributed by atoms with Gasteiger partial charge in [0.1, 0.15) is 11.4 Å². The molecule has 5 nitrogen and oxygen atoms in total. The highest BCUT2D eigenvalue weighted by atomic mass is 19.1. The molecule has 0 aliphatic heterocycles. The number of aromatic nitrogens is 2. The van der Waals surface area contributed by atoms with Crippen LogP contribution in [0.15, 0.2) is 18.2 Å². The summed E-state index contributed by atoms with van der Waals surface area (Å²) in [6.45, 7) is 3.49. The Bertz CT molecular complexity index is 729. The monoisotopic (exact) mass is 273 g/mol. The second-order valence-corrected chi connectivity index (χ2v) is 4.42. The molecule has 0 aliphatic rings. The summed E-state index contributed by atoms with van der Waals surface area (Å²) in [4.78, 5) is 11.1. The molecule has 1 aromatic carbocycles. The zero-order chi connectivity index (χ0) is 14.9. The van der Waals surface area contributed by atoms with Crippen molar-refractivity contribution in [3.63, 3.8) is 0 Å². The summed E-state index contributed by atoms with van der Waals surface area (Å²) in [5.41, 5.74) is 1.88. The highest BCUT2D eigenvalue weighted by molar-refractivity contribution is 5.90. The van der Waals surface area contributed by atoms with Crippen LogP contribution in [-0.4, -0.2) is 20.9 Å².